The Morgan fingerprint density at radius 3 is 2.20 bits per heavy atom. The molecule has 0 aromatic heterocycles. The molecule has 4 nitrogen and oxygen atoms in total. The van der Waals surface area contributed by atoms with Crippen molar-refractivity contribution in [3.05, 3.63) is 0 Å². The standard InChI is InChI=1S/C6H13NO3S4.Na/c1-12-7(13-2)6(11)4-3-5-14(8,9)10;/h3-5H2,1-2H3,(H,8,9,10);/q;+1/p-1. The van der Waals surface area contributed by atoms with E-state index in [4.69, 9.17) is 12.2 Å². The van der Waals surface area contributed by atoms with Crippen molar-refractivity contribution in [3.63, 3.8) is 0 Å². The zero-order chi connectivity index (χ0) is 11.2. The molecule has 0 atom stereocenters. The van der Waals surface area contributed by atoms with Crippen molar-refractivity contribution < 1.29 is 42.5 Å². The molecule has 0 spiro atoms. The van der Waals surface area contributed by atoms with Gasteiger partial charge in [0.25, 0.3) is 0 Å². The smallest absolute Gasteiger partial charge is 0.748 e. The van der Waals surface area contributed by atoms with E-state index in [0.29, 0.717) is 17.8 Å². The van der Waals surface area contributed by atoms with Crippen molar-refractivity contribution >= 4 is 51.2 Å². The Hall–Kier alpha value is 1.50. The molecule has 0 aliphatic heterocycles. The van der Waals surface area contributed by atoms with Crippen molar-refractivity contribution in [2.75, 3.05) is 18.3 Å². The molecule has 0 radical (unpaired) electrons. The van der Waals surface area contributed by atoms with Crippen LogP contribution < -0.4 is 29.6 Å². The van der Waals surface area contributed by atoms with Crippen LogP contribution in [0.2, 0.25) is 0 Å². The predicted octanol–water partition coefficient (Wildman–Crippen LogP) is -1.50. The molecular formula is C6H12NNaO3S4. The molecular weight excluding hydrogens is 285 g/mol. The third-order valence-electron chi connectivity index (χ3n) is 1.32. The van der Waals surface area contributed by atoms with Gasteiger partial charge in [-0.3, -0.25) is 3.71 Å². The minimum Gasteiger partial charge on any atom is -0.748 e. The van der Waals surface area contributed by atoms with Crippen molar-refractivity contribution in [2.45, 2.75) is 12.8 Å². The number of hydrogen-bond acceptors (Lipinski definition) is 6. The van der Waals surface area contributed by atoms with Crippen LogP contribution in [0.3, 0.4) is 0 Å². The van der Waals surface area contributed by atoms with Gasteiger partial charge in [0.05, 0.1) is 15.1 Å². The molecule has 0 saturated heterocycles. The third-order valence-corrected chi connectivity index (χ3v) is 4.73. The molecule has 0 aliphatic rings. The molecule has 0 aromatic rings. The normalized spacial score (nSPS) is 10.6. The van der Waals surface area contributed by atoms with Gasteiger partial charge in [0.15, 0.2) is 0 Å². The van der Waals surface area contributed by atoms with Gasteiger partial charge in [-0.15, -0.1) is 0 Å². The van der Waals surface area contributed by atoms with Crippen LogP contribution in [-0.2, 0) is 10.1 Å². The average molecular weight is 297 g/mol. The SMILES string of the molecule is CSN(SC)C(=S)CCCS(=O)(=O)[O-].[Na+]. The molecule has 9 heteroatoms. The molecule has 0 heterocycles. The van der Waals surface area contributed by atoms with E-state index in [9.17, 15) is 13.0 Å². The average Bonchev–Trinajstić information content (AvgIpc) is 2.04. The molecule has 0 N–H and O–H groups in total. The first-order chi connectivity index (χ1) is 6.40. The van der Waals surface area contributed by atoms with Crippen molar-refractivity contribution in [1.82, 2.24) is 3.71 Å². The second kappa shape index (κ2) is 9.52. The molecule has 0 aliphatic carbocycles. The van der Waals surface area contributed by atoms with Crippen LogP contribution in [0.1, 0.15) is 12.8 Å². The summed E-state index contributed by atoms with van der Waals surface area (Å²) in [5, 5.41) is 0. The van der Waals surface area contributed by atoms with Crippen LogP contribution in [0, 0.1) is 0 Å². The van der Waals surface area contributed by atoms with Crippen LogP contribution in [0.4, 0.5) is 0 Å². The second-order valence-electron chi connectivity index (χ2n) is 2.38. The maximum absolute atomic E-state index is 10.3. The van der Waals surface area contributed by atoms with Gasteiger partial charge in [0.1, 0.15) is 0 Å². The van der Waals surface area contributed by atoms with E-state index in [1.54, 1.807) is 0 Å². The molecule has 0 amide bonds. The van der Waals surface area contributed by atoms with Gasteiger partial charge in [0, 0.05) is 24.7 Å². The molecule has 0 rings (SSSR count). The van der Waals surface area contributed by atoms with E-state index in [0.717, 1.165) is 0 Å². The molecule has 84 valence electrons. The van der Waals surface area contributed by atoms with Crippen molar-refractivity contribution in [1.29, 1.82) is 0 Å². The summed E-state index contributed by atoms with van der Waals surface area (Å²) in [6.07, 6.45) is 4.51. The van der Waals surface area contributed by atoms with E-state index < -0.39 is 10.1 Å². The van der Waals surface area contributed by atoms with Crippen LogP contribution in [-0.4, -0.2) is 39.9 Å². The quantitative estimate of drug-likeness (QED) is 0.256. The summed E-state index contributed by atoms with van der Waals surface area (Å²) >= 11 is 7.98. The van der Waals surface area contributed by atoms with Crippen LogP contribution in [0.15, 0.2) is 0 Å². The molecule has 0 bridgehead atoms. The van der Waals surface area contributed by atoms with Gasteiger partial charge in [0.2, 0.25) is 0 Å². The summed E-state index contributed by atoms with van der Waals surface area (Å²) in [4.78, 5) is 0.661. The minimum atomic E-state index is -4.10. The second-order valence-corrected chi connectivity index (χ2v) is 6.07. The largest absolute Gasteiger partial charge is 1.00 e. The van der Waals surface area contributed by atoms with E-state index >= 15 is 0 Å². The van der Waals surface area contributed by atoms with E-state index in [1.807, 2.05) is 16.2 Å². The zero-order valence-corrected chi connectivity index (χ0v) is 14.2. The summed E-state index contributed by atoms with van der Waals surface area (Å²) in [7, 11) is -4.10. The number of rotatable bonds is 6. The molecule has 0 unspecified atom stereocenters. The third kappa shape index (κ3) is 10.4. The number of hydrogen-bond donors (Lipinski definition) is 0. The molecule has 0 aromatic carbocycles. The summed E-state index contributed by atoms with van der Waals surface area (Å²) in [6, 6.07) is 0. The van der Waals surface area contributed by atoms with Gasteiger partial charge in [-0.1, -0.05) is 12.2 Å². The molecule has 15 heavy (non-hydrogen) atoms. The van der Waals surface area contributed by atoms with Crippen LogP contribution >= 0.6 is 36.1 Å². The summed E-state index contributed by atoms with van der Waals surface area (Å²) < 4.78 is 32.7. The van der Waals surface area contributed by atoms with Gasteiger partial charge >= 0.3 is 29.6 Å². The van der Waals surface area contributed by atoms with Crippen molar-refractivity contribution in [2.24, 2.45) is 0 Å². The maximum Gasteiger partial charge on any atom is 1.00 e. The first-order valence-corrected chi connectivity index (χ1v) is 8.10. The first-order valence-electron chi connectivity index (χ1n) is 3.75. The number of thiocarbonyl (C=S) groups is 1. The van der Waals surface area contributed by atoms with E-state index in [1.165, 1.54) is 23.9 Å². The van der Waals surface area contributed by atoms with Crippen molar-refractivity contribution in [3.8, 4) is 0 Å². The summed E-state index contributed by atoms with van der Waals surface area (Å²) in [6.45, 7) is 0. The van der Waals surface area contributed by atoms with Gasteiger partial charge in [-0.25, -0.2) is 8.42 Å². The van der Waals surface area contributed by atoms with Gasteiger partial charge in [-0.2, -0.15) is 0 Å². The van der Waals surface area contributed by atoms with Crippen LogP contribution in [0.25, 0.3) is 0 Å². The fourth-order valence-electron chi connectivity index (χ4n) is 0.770. The Labute approximate surface area is 127 Å². The van der Waals surface area contributed by atoms with Gasteiger partial charge < -0.3 is 4.55 Å². The Bertz CT molecular complexity index is 278. The molecule has 0 fully saturated rings. The number of nitrogens with zero attached hydrogens (tertiary/aromatic N) is 1. The Balaban J connectivity index is 0. The molecule has 0 saturated carbocycles. The van der Waals surface area contributed by atoms with E-state index in [-0.39, 0.29) is 35.3 Å². The predicted molar refractivity (Wildman–Crippen MR) is 65.3 cm³/mol. The fourth-order valence-corrected chi connectivity index (χ4v) is 3.05. The zero-order valence-electron chi connectivity index (χ0n) is 8.93. The Morgan fingerprint density at radius 2 is 1.87 bits per heavy atom. The first kappa shape index (κ1) is 18.9. The summed E-state index contributed by atoms with van der Waals surface area (Å²) in [5.74, 6) is -0.344. The fraction of sp³-hybridized carbons (Fsp3) is 0.833. The Kier molecular flexibility index (Phi) is 12.0. The van der Waals surface area contributed by atoms with Gasteiger partial charge in [-0.05, 0) is 30.3 Å². The Morgan fingerprint density at radius 1 is 1.40 bits per heavy atom. The summed E-state index contributed by atoms with van der Waals surface area (Å²) in [5.41, 5.74) is 0. The minimum absolute atomic E-state index is 0. The maximum atomic E-state index is 10.3. The van der Waals surface area contributed by atoms with Crippen LogP contribution in [0.5, 0.6) is 0 Å². The van der Waals surface area contributed by atoms with E-state index in [2.05, 4.69) is 0 Å². The topological polar surface area (TPSA) is 60.4 Å². The monoisotopic (exact) mass is 297 g/mol.